The summed E-state index contributed by atoms with van der Waals surface area (Å²) in [5, 5.41) is 10.7. The summed E-state index contributed by atoms with van der Waals surface area (Å²) in [5.41, 5.74) is 2.55. The van der Waals surface area contributed by atoms with Gasteiger partial charge in [0.15, 0.2) is 0 Å². The van der Waals surface area contributed by atoms with Crippen molar-refractivity contribution in [2.75, 3.05) is 0 Å². The number of amides is 1. The second kappa shape index (κ2) is 10.8. The second-order valence-electron chi connectivity index (χ2n) is 8.40. The number of carboxylic acid groups (broad SMARTS) is 1. The van der Waals surface area contributed by atoms with Crippen molar-refractivity contribution in [3.05, 3.63) is 101 Å². The van der Waals surface area contributed by atoms with Crippen molar-refractivity contribution >= 4 is 23.5 Å². The lowest BCUT2D eigenvalue weighted by atomic mass is 9.89. The third-order valence-electron chi connectivity index (χ3n) is 6.12. The Morgan fingerprint density at radius 3 is 2.35 bits per heavy atom. The number of morpholine rings is 1. The molecule has 34 heavy (non-hydrogen) atoms. The van der Waals surface area contributed by atoms with Crippen LogP contribution >= 0.6 is 11.6 Å². The van der Waals surface area contributed by atoms with E-state index in [0.29, 0.717) is 24.3 Å². The molecular weight excluding hydrogens is 452 g/mol. The molecule has 1 aliphatic rings. The zero-order valence-electron chi connectivity index (χ0n) is 18.9. The molecule has 1 aromatic heterocycles. The topological polar surface area (TPSA) is 79.7 Å². The van der Waals surface area contributed by atoms with E-state index in [1.54, 1.807) is 24.5 Å². The van der Waals surface area contributed by atoms with E-state index in [1.807, 2.05) is 61.5 Å². The molecule has 0 bridgehead atoms. The van der Waals surface area contributed by atoms with Gasteiger partial charge in [-0.3, -0.25) is 9.78 Å². The molecule has 0 unspecified atom stereocenters. The van der Waals surface area contributed by atoms with Crippen LogP contribution in [0.5, 0.6) is 0 Å². The number of hydrogen-bond acceptors (Lipinski definition) is 4. The Morgan fingerprint density at radius 1 is 1.06 bits per heavy atom. The van der Waals surface area contributed by atoms with Crippen LogP contribution in [0.1, 0.15) is 48.6 Å². The maximum absolute atomic E-state index is 13.9. The van der Waals surface area contributed by atoms with Crippen molar-refractivity contribution in [2.45, 2.75) is 50.5 Å². The zero-order chi connectivity index (χ0) is 24.1. The molecule has 0 saturated carbocycles. The van der Waals surface area contributed by atoms with E-state index in [0.717, 1.165) is 16.7 Å². The Labute approximate surface area is 204 Å². The van der Waals surface area contributed by atoms with Crippen molar-refractivity contribution in [1.29, 1.82) is 0 Å². The predicted octanol–water partition coefficient (Wildman–Crippen LogP) is 5.24. The average molecular weight is 479 g/mol. The normalized spacial score (nSPS) is 21.3. The second-order valence-corrected chi connectivity index (χ2v) is 8.84. The van der Waals surface area contributed by atoms with Gasteiger partial charge in [0, 0.05) is 23.8 Å². The van der Waals surface area contributed by atoms with Gasteiger partial charge in [0.1, 0.15) is 18.2 Å². The fourth-order valence-corrected chi connectivity index (χ4v) is 4.65. The molecule has 1 fully saturated rings. The molecule has 4 atom stereocenters. The maximum Gasteiger partial charge on any atom is 0.326 e. The first kappa shape index (κ1) is 23.9. The standard InChI is InChI=1S/C27H27ClN2O4/c1-2-6-22(27(32)33)30-24(19-9-11-21(28)12-10-19)25(20-7-4-3-5-8-20)34-23(26(30)31)17-18-13-15-29-16-14-18/h3-5,7-16,22-25H,2,6,17H2,1H3,(H,32,33)/t22-,23+,24-,25+/m1/s1. The van der Waals surface area contributed by atoms with E-state index < -0.39 is 30.3 Å². The van der Waals surface area contributed by atoms with Crippen LogP contribution in [-0.2, 0) is 20.7 Å². The fourth-order valence-electron chi connectivity index (χ4n) is 4.53. The largest absolute Gasteiger partial charge is 0.480 e. The van der Waals surface area contributed by atoms with Gasteiger partial charge in [-0.25, -0.2) is 4.79 Å². The number of carbonyl (C=O) groups excluding carboxylic acids is 1. The quantitative estimate of drug-likeness (QED) is 0.479. The molecule has 1 saturated heterocycles. The molecule has 4 rings (SSSR count). The summed E-state index contributed by atoms with van der Waals surface area (Å²) in [5.74, 6) is -1.35. The van der Waals surface area contributed by atoms with Gasteiger partial charge in [0.2, 0.25) is 0 Å². The van der Waals surface area contributed by atoms with Gasteiger partial charge in [-0.05, 0) is 47.4 Å². The summed E-state index contributed by atoms with van der Waals surface area (Å²) in [7, 11) is 0. The number of pyridine rings is 1. The Morgan fingerprint density at radius 2 is 1.74 bits per heavy atom. The van der Waals surface area contributed by atoms with Crippen molar-refractivity contribution in [3.8, 4) is 0 Å². The fraction of sp³-hybridized carbons (Fsp3) is 0.296. The molecule has 1 amide bonds. The summed E-state index contributed by atoms with van der Waals surface area (Å²) in [4.78, 5) is 31.9. The molecule has 2 aromatic carbocycles. The summed E-state index contributed by atoms with van der Waals surface area (Å²) in [6.45, 7) is 1.92. The van der Waals surface area contributed by atoms with Gasteiger partial charge in [0.25, 0.3) is 5.91 Å². The lowest BCUT2D eigenvalue weighted by molar-refractivity contribution is -0.184. The molecule has 6 nitrogen and oxygen atoms in total. The first-order valence-corrected chi connectivity index (χ1v) is 11.8. The van der Waals surface area contributed by atoms with Crippen LogP contribution in [-0.4, -0.2) is 39.0 Å². The van der Waals surface area contributed by atoms with Gasteiger partial charge in [-0.1, -0.05) is 67.4 Å². The Hall–Kier alpha value is -3.22. The highest BCUT2D eigenvalue weighted by atomic mass is 35.5. The highest BCUT2D eigenvalue weighted by molar-refractivity contribution is 6.30. The first-order valence-electron chi connectivity index (χ1n) is 11.4. The lowest BCUT2D eigenvalue weighted by Crippen LogP contribution is -2.57. The van der Waals surface area contributed by atoms with Crippen LogP contribution in [0.2, 0.25) is 5.02 Å². The van der Waals surface area contributed by atoms with E-state index in [-0.39, 0.29) is 5.91 Å². The summed E-state index contributed by atoms with van der Waals surface area (Å²) in [6, 6.07) is 18.9. The number of ether oxygens (including phenoxy) is 1. The monoisotopic (exact) mass is 478 g/mol. The van der Waals surface area contributed by atoms with Gasteiger partial charge in [-0.15, -0.1) is 0 Å². The van der Waals surface area contributed by atoms with E-state index in [9.17, 15) is 14.7 Å². The number of halogens is 1. The molecule has 7 heteroatoms. The smallest absolute Gasteiger partial charge is 0.326 e. The third kappa shape index (κ3) is 5.13. The first-order chi connectivity index (χ1) is 16.5. The van der Waals surface area contributed by atoms with Gasteiger partial charge < -0.3 is 14.7 Å². The van der Waals surface area contributed by atoms with Gasteiger partial charge in [0.05, 0.1) is 6.04 Å². The van der Waals surface area contributed by atoms with Gasteiger partial charge >= 0.3 is 5.97 Å². The molecular formula is C27H27ClN2O4. The van der Waals surface area contributed by atoms with Crippen molar-refractivity contribution in [3.63, 3.8) is 0 Å². The number of carboxylic acids is 1. The number of rotatable bonds is 8. The molecule has 1 N–H and O–H groups in total. The van der Waals surface area contributed by atoms with Gasteiger partial charge in [-0.2, -0.15) is 0 Å². The molecule has 0 radical (unpaired) electrons. The molecule has 0 spiro atoms. The van der Waals surface area contributed by atoms with E-state index >= 15 is 0 Å². The Bertz CT molecular complexity index is 1110. The number of aliphatic carboxylic acids is 1. The molecule has 0 aliphatic carbocycles. The van der Waals surface area contributed by atoms with E-state index in [2.05, 4.69) is 4.98 Å². The molecule has 176 valence electrons. The number of benzene rings is 2. The van der Waals surface area contributed by atoms with E-state index in [4.69, 9.17) is 16.3 Å². The Kier molecular flexibility index (Phi) is 7.60. The van der Waals surface area contributed by atoms with Crippen LogP contribution in [0.4, 0.5) is 0 Å². The van der Waals surface area contributed by atoms with Crippen molar-refractivity contribution < 1.29 is 19.4 Å². The minimum absolute atomic E-state index is 0.326. The number of aromatic nitrogens is 1. The van der Waals surface area contributed by atoms with E-state index in [1.165, 1.54) is 4.90 Å². The van der Waals surface area contributed by atoms with Crippen molar-refractivity contribution in [2.24, 2.45) is 0 Å². The number of hydrogen-bond donors (Lipinski definition) is 1. The average Bonchev–Trinajstić information content (AvgIpc) is 2.85. The molecule has 3 aromatic rings. The minimum Gasteiger partial charge on any atom is -0.480 e. The molecule has 1 aliphatic heterocycles. The van der Waals surface area contributed by atoms with Crippen LogP contribution in [0.25, 0.3) is 0 Å². The number of carbonyl (C=O) groups is 2. The van der Waals surface area contributed by atoms with Crippen LogP contribution in [0.3, 0.4) is 0 Å². The highest BCUT2D eigenvalue weighted by Crippen LogP contribution is 2.44. The highest BCUT2D eigenvalue weighted by Gasteiger charge is 2.48. The Balaban J connectivity index is 1.84. The SMILES string of the molecule is CCC[C@H](C(=O)O)N1C(=O)[C@H](Cc2ccncc2)O[C@@H](c2ccccc2)[C@H]1c1ccc(Cl)cc1. The summed E-state index contributed by atoms with van der Waals surface area (Å²) < 4.78 is 6.49. The molecule has 2 heterocycles. The van der Waals surface area contributed by atoms with Crippen LogP contribution in [0.15, 0.2) is 79.1 Å². The van der Waals surface area contributed by atoms with Crippen LogP contribution < -0.4 is 0 Å². The summed E-state index contributed by atoms with van der Waals surface area (Å²) in [6.07, 6.45) is 3.26. The lowest BCUT2D eigenvalue weighted by Gasteiger charge is -2.47. The third-order valence-corrected chi connectivity index (χ3v) is 6.37. The minimum atomic E-state index is -1.02. The maximum atomic E-state index is 13.9. The summed E-state index contributed by atoms with van der Waals surface area (Å²) >= 11 is 6.13. The number of nitrogens with zero attached hydrogens (tertiary/aromatic N) is 2. The van der Waals surface area contributed by atoms with Crippen LogP contribution in [0, 0.1) is 0 Å². The van der Waals surface area contributed by atoms with Crippen molar-refractivity contribution in [1.82, 2.24) is 9.88 Å². The zero-order valence-corrected chi connectivity index (χ0v) is 19.6. The predicted molar refractivity (Wildman–Crippen MR) is 129 cm³/mol.